The van der Waals surface area contributed by atoms with Crippen LogP contribution in [0.2, 0.25) is 0 Å². The van der Waals surface area contributed by atoms with Gasteiger partial charge < -0.3 is 75.2 Å². The molecule has 0 bridgehead atoms. The molecule has 1 aromatic rings. The van der Waals surface area contributed by atoms with Gasteiger partial charge >= 0.3 is 12.1 Å². The smallest absolute Gasteiger partial charge is 0.407 e. The average Bonchev–Trinajstić information content (AvgIpc) is 2.51. The van der Waals surface area contributed by atoms with Gasteiger partial charge in [-0.15, -0.1) is 0 Å². The Balaban J connectivity index is 2.06. The fourth-order valence-electron chi connectivity index (χ4n) is 10.5. The first-order valence-electron chi connectivity index (χ1n) is 30.4. The second kappa shape index (κ2) is 38.0. The average molecular weight is 1210 g/mol. The van der Waals surface area contributed by atoms with E-state index < -0.39 is 96.6 Å². The predicted molar refractivity (Wildman–Crippen MR) is 323 cm³/mol. The normalized spacial score (nSPS) is 17.6. The molecule has 0 aliphatic carbocycles. The first-order chi connectivity index (χ1) is 39.9. The summed E-state index contributed by atoms with van der Waals surface area (Å²) in [5.74, 6) is -4.05. The summed E-state index contributed by atoms with van der Waals surface area (Å²) in [6.45, 7) is 26.4. The van der Waals surface area contributed by atoms with Crippen LogP contribution in [0.25, 0.3) is 0 Å². The summed E-state index contributed by atoms with van der Waals surface area (Å²) in [5.41, 5.74) is 0.672. The molecule has 0 aromatic heterocycles. The van der Waals surface area contributed by atoms with Crippen molar-refractivity contribution in [3.05, 3.63) is 35.9 Å². The van der Waals surface area contributed by atoms with Crippen LogP contribution < -0.4 is 31.9 Å². The van der Waals surface area contributed by atoms with Gasteiger partial charge in [0.05, 0.1) is 68.1 Å². The summed E-state index contributed by atoms with van der Waals surface area (Å²) >= 11 is 0. The van der Waals surface area contributed by atoms with Crippen molar-refractivity contribution < 1.29 is 71.9 Å². The number of ether oxygens (including phenoxy) is 6. The topological polar surface area (TPSA) is 291 Å². The molecule has 12 atom stereocenters. The molecule has 2 unspecified atom stereocenters. The number of rotatable bonds is 38. The van der Waals surface area contributed by atoms with E-state index in [1.165, 1.54) is 21.1 Å². The monoisotopic (exact) mass is 1200 g/mol. The first kappa shape index (κ1) is 75.6. The lowest BCUT2D eigenvalue weighted by molar-refractivity contribution is -0.213. The molecule has 1 aromatic carbocycles. The molecular formula is C62H108N8O15. The molecule has 1 heterocycles. The van der Waals surface area contributed by atoms with E-state index in [-0.39, 0.29) is 112 Å². The van der Waals surface area contributed by atoms with Crippen molar-refractivity contribution in [2.45, 2.75) is 209 Å². The number of likely N-dealkylation sites (N-methyl/N-ethyl adjacent to an activating group) is 2. The molecule has 2 rings (SSSR count). The number of carbonyl (C=O) groups excluding carboxylic acids is 8. The van der Waals surface area contributed by atoms with Gasteiger partial charge in [0, 0.05) is 53.7 Å². The Bertz CT molecular complexity index is 2210. The van der Waals surface area contributed by atoms with E-state index in [2.05, 4.69) is 45.7 Å². The number of likely N-dealkylation sites (tertiary alicyclic amines) is 1. The molecule has 0 radical (unpaired) electrons. The molecule has 85 heavy (non-hydrogen) atoms. The second-order valence-electron chi connectivity index (χ2n) is 25.0. The van der Waals surface area contributed by atoms with E-state index in [9.17, 15) is 43.5 Å². The number of aliphatic hydroxyl groups excluding tert-OH is 1. The number of nitrogens with zero attached hydrogens (tertiary/aromatic N) is 2. The number of hydrogen-bond acceptors (Lipinski definition) is 16. The van der Waals surface area contributed by atoms with Gasteiger partial charge in [0.25, 0.3) is 0 Å². The van der Waals surface area contributed by atoms with Crippen LogP contribution in [0.4, 0.5) is 4.79 Å². The molecule has 23 nitrogen and oxygen atoms in total. The molecule has 1 aliphatic rings. The van der Waals surface area contributed by atoms with Gasteiger partial charge in [-0.05, 0) is 88.2 Å². The van der Waals surface area contributed by atoms with Crippen molar-refractivity contribution in [1.29, 1.82) is 0 Å². The van der Waals surface area contributed by atoms with Crippen LogP contribution in [0.1, 0.15) is 141 Å². The Hall–Kier alpha value is -5.46. The minimum absolute atomic E-state index is 0.0150. The van der Waals surface area contributed by atoms with Gasteiger partial charge in [-0.25, -0.2) is 9.59 Å². The Morgan fingerprint density at radius 1 is 0.765 bits per heavy atom. The number of hydrogen-bond donors (Lipinski definition) is 7. The van der Waals surface area contributed by atoms with Crippen LogP contribution in [0.5, 0.6) is 0 Å². The molecule has 1 saturated heterocycles. The van der Waals surface area contributed by atoms with Gasteiger partial charge in [-0.3, -0.25) is 28.8 Å². The second-order valence-corrected chi connectivity index (χ2v) is 25.0. The van der Waals surface area contributed by atoms with E-state index in [0.29, 0.717) is 25.8 Å². The van der Waals surface area contributed by atoms with E-state index in [4.69, 9.17) is 28.4 Å². The van der Waals surface area contributed by atoms with Crippen molar-refractivity contribution in [3.63, 3.8) is 0 Å². The zero-order valence-corrected chi connectivity index (χ0v) is 54.4. The summed E-state index contributed by atoms with van der Waals surface area (Å²) in [5, 5.41) is 26.7. The van der Waals surface area contributed by atoms with Crippen LogP contribution in [0.3, 0.4) is 0 Å². The summed E-state index contributed by atoms with van der Waals surface area (Å²) in [7, 11) is 6.44. The fraction of sp³-hybridized carbons (Fsp3) is 0.774. The number of nitrogens with one attached hydrogen (secondary N) is 6. The van der Waals surface area contributed by atoms with Gasteiger partial charge in [0.15, 0.2) is 6.29 Å². The molecule has 486 valence electrons. The number of amides is 7. The third kappa shape index (κ3) is 26.2. The van der Waals surface area contributed by atoms with Crippen molar-refractivity contribution in [2.75, 3.05) is 67.8 Å². The van der Waals surface area contributed by atoms with E-state index >= 15 is 0 Å². The minimum Gasteiger partial charge on any atom is -0.464 e. The molecule has 7 N–H and O–H groups in total. The Morgan fingerprint density at radius 3 is 1.96 bits per heavy atom. The van der Waals surface area contributed by atoms with Crippen LogP contribution in [0.15, 0.2) is 30.3 Å². The number of methoxy groups -OCH3 is 2. The zero-order valence-electron chi connectivity index (χ0n) is 54.4. The van der Waals surface area contributed by atoms with Gasteiger partial charge in [-0.1, -0.05) is 106 Å². The number of carbonyl (C=O) groups is 8. The van der Waals surface area contributed by atoms with Crippen molar-refractivity contribution in [3.8, 4) is 0 Å². The number of alkyl carbamates (subject to hydrolysis) is 1. The molecule has 0 saturated carbocycles. The highest BCUT2D eigenvalue weighted by Gasteiger charge is 2.44. The first-order valence-corrected chi connectivity index (χ1v) is 30.4. The van der Waals surface area contributed by atoms with E-state index in [0.717, 1.165) is 5.56 Å². The van der Waals surface area contributed by atoms with Crippen molar-refractivity contribution in [1.82, 2.24) is 41.7 Å². The van der Waals surface area contributed by atoms with Crippen molar-refractivity contribution in [2.24, 2.45) is 35.0 Å². The van der Waals surface area contributed by atoms with Gasteiger partial charge in [-0.2, -0.15) is 0 Å². The van der Waals surface area contributed by atoms with E-state index in [1.807, 2.05) is 85.7 Å². The highest BCUT2D eigenvalue weighted by Crippen LogP contribution is 2.31. The van der Waals surface area contributed by atoms with E-state index in [1.54, 1.807) is 44.7 Å². The molecule has 0 spiro atoms. The third-order valence-corrected chi connectivity index (χ3v) is 15.4. The highest BCUT2D eigenvalue weighted by atomic mass is 16.7. The number of benzene rings is 1. The molecule has 23 heteroatoms. The Labute approximate surface area is 506 Å². The quantitative estimate of drug-likeness (QED) is 0.0273. The van der Waals surface area contributed by atoms with Crippen LogP contribution >= 0.6 is 0 Å². The largest absolute Gasteiger partial charge is 0.464 e. The SMILES string of the molecule is CN[C@H](C(=O)N[C@H](C(=O)N(C)[C@H]([C@@H](CC(=O)N1CCC[C@H]1[C@H](OC)[C@@H](C)C(=O)N[C@H](Cc1ccccc1)C(=O)NCCCOC(=O)[C@H](C)NC(=O)CCNC(=O)OCC(OC(C)C)OC(CO)CC(C)(C)C)OC)[C@@H](C)C(C)C)C(C)C)C(C)C. The summed E-state index contributed by atoms with van der Waals surface area (Å²) in [6, 6.07) is 4.81. The zero-order chi connectivity index (χ0) is 64.3. The van der Waals surface area contributed by atoms with Gasteiger partial charge in [0.2, 0.25) is 35.4 Å². The van der Waals surface area contributed by atoms with Crippen LogP contribution in [-0.4, -0.2) is 197 Å². The van der Waals surface area contributed by atoms with Crippen LogP contribution in [0, 0.1) is 35.0 Å². The summed E-state index contributed by atoms with van der Waals surface area (Å²) in [6.07, 6.45) is -2.08. The lowest BCUT2D eigenvalue weighted by Crippen LogP contribution is -2.60. The maximum Gasteiger partial charge on any atom is 0.407 e. The Morgan fingerprint density at radius 2 is 1.41 bits per heavy atom. The number of esters is 1. The molecule has 1 aliphatic heterocycles. The third-order valence-electron chi connectivity index (χ3n) is 15.4. The Kier molecular flexibility index (Phi) is 33.8. The maximum atomic E-state index is 14.6. The van der Waals surface area contributed by atoms with Crippen LogP contribution in [-0.2, 0) is 68.4 Å². The minimum atomic E-state index is -1.02. The maximum absolute atomic E-state index is 14.6. The molecule has 1 fully saturated rings. The lowest BCUT2D eigenvalue weighted by atomic mass is 9.84. The van der Waals surface area contributed by atoms with Crippen molar-refractivity contribution >= 4 is 47.5 Å². The highest BCUT2D eigenvalue weighted by molar-refractivity contribution is 5.91. The molecular weight excluding hydrogens is 1100 g/mol. The summed E-state index contributed by atoms with van der Waals surface area (Å²) < 4.78 is 34.4. The lowest BCUT2D eigenvalue weighted by Gasteiger charge is -2.42. The summed E-state index contributed by atoms with van der Waals surface area (Å²) in [4.78, 5) is 112. The standard InChI is InChI=1S/C62H108N8O15/c1-37(2)41(9)54(69(16)59(77)53(39(5)6)68-58(76)52(63-15)38(3)4)48(80-17)33-50(73)70-30-22-26-47(70)55(81-18)42(10)56(74)67-46(32-44-24-20-19-21-25-44)57(75)64-28-23-31-82-60(78)43(11)66-49(72)27-29-65-61(79)83-36-51(84-40(7)8)85-45(35-71)34-62(12,13)14/h19-21,24-25,37-43,45-48,51-55,63,71H,22-23,26-36H2,1-18H3,(H,64,75)(H,65,79)(H,66,72)(H,67,74)(H,68,76)/t41-,42+,43-,45?,46+,47-,48+,51?,52-,53-,54-,55+/m0/s1. The predicted octanol–water partition coefficient (Wildman–Crippen LogP) is 4.50. The molecule has 7 amide bonds. The van der Waals surface area contributed by atoms with Gasteiger partial charge in [0.1, 0.15) is 24.7 Å². The number of aliphatic hydroxyl groups is 1. The fourth-order valence-corrected chi connectivity index (χ4v) is 10.5.